The zero-order valence-corrected chi connectivity index (χ0v) is 13.1. The molecule has 20 heavy (non-hydrogen) atoms. The molecule has 0 aromatic heterocycles. The maximum atomic E-state index is 11.7. The minimum Gasteiger partial charge on any atom is -0.300 e. The lowest BCUT2D eigenvalue weighted by Crippen LogP contribution is -1.99. The molecule has 1 fully saturated rings. The smallest absolute Gasteiger partial charge is 0.132 e. The Morgan fingerprint density at radius 2 is 0.550 bits per heavy atom. The Morgan fingerprint density at radius 1 is 0.350 bits per heavy atom. The first kappa shape index (κ1) is 17.4. The van der Waals surface area contributed by atoms with Gasteiger partial charge in [-0.25, -0.2) is 0 Å². The molecule has 0 N–H and O–H groups in total. The molecule has 0 aromatic carbocycles. The summed E-state index contributed by atoms with van der Waals surface area (Å²) in [6, 6.07) is 0. The summed E-state index contributed by atoms with van der Waals surface area (Å²) >= 11 is 0. The fourth-order valence-corrected chi connectivity index (χ4v) is 2.95. The molecule has 1 aliphatic carbocycles. The molecule has 1 saturated carbocycles. The highest BCUT2D eigenvalue weighted by Gasteiger charge is 2.04. The van der Waals surface area contributed by atoms with Gasteiger partial charge in [-0.3, -0.25) is 9.59 Å². The van der Waals surface area contributed by atoms with E-state index in [9.17, 15) is 9.59 Å². The van der Waals surface area contributed by atoms with E-state index in [2.05, 4.69) is 0 Å². The Kier molecular flexibility index (Phi) is 10.5. The standard InChI is InChI=1S/C18H32O2/c19-17-13-9-5-3-1-2-4-6-10-14-18(20)16-12-8-7-11-15-17/h1-16H2. The molecular formula is C18H32O2. The van der Waals surface area contributed by atoms with Crippen LogP contribution in [0.5, 0.6) is 0 Å². The fourth-order valence-electron chi connectivity index (χ4n) is 2.95. The van der Waals surface area contributed by atoms with Crippen molar-refractivity contribution in [1.82, 2.24) is 0 Å². The Balaban J connectivity index is 2.19. The van der Waals surface area contributed by atoms with E-state index >= 15 is 0 Å². The quantitative estimate of drug-likeness (QED) is 0.597. The van der Waals surface area contributed by atoms with Gasteiger partial charge in [0.15, 0.2) is 0 Å². The molecule has 1 aliphatic rings. The maximum Gasteiger partial charge on any atom is 0.132 e. The van der Waals surface area contributed by atoms with E-state index in [-0.39, 0.29) is 0 Å². The normalized spacial score (nSPS) is 23.0. The molecule has 0 radical (unpaired) electrons. The molecule has 1 rings (SSSR count). The van der Waals surface area contributed by atoms with Crippen molar-refractivity contribution in [1.29, 1.82) is 0 Å². The third-order valence-corrected chi connectivity index (χ3v) is 4.32. The van der Waals surface area contributed by atoms with Gasteiger partial charge < -0.3 is 0 Å². The highest BCUT2D eigenvalue weighted by Crippen LogP contribution is 2.14. The van der Waals surface area contributed by atoms with Crippen molar-refractivity contribution >= 4 is 11.6 Å². The first-order valence-corrected chi connectivity index (χ1v) is 8.82. The van der Waals surface area contributed by atoms with Crippen molar-refractivity contribution in [2.75, 3.05) is 0 Å². The minimum atomic E-state index is 0.446. The summed E-state index contributed by atoms with van der Waals surface area (Å²) in [7, 11) is 0. The number of Topliss-reactive ketones (excluding diaryl/α,β-unsaturated/α-hetero) is 2. The molecule has 0 spiro atoms. The van der Waals surface area contributed by atoms with E-state index in [1.807, 2.05) is 0 Å². The predicted octanol–water partition coefficient (Wildman–Crippen LogP) is 5.38. The monoisotopic (exact) mass is 280 g/mol. The molecule has 2 nitrogen and oxygen atoms in total. The number of carbonyl (C=O) groups is 2. The van der Waals surface area contributed by atoms with Crippen LogP contribution in [0.2, 0.25) is 0 Å². The maximum absolute atomic E-state index is 11.7. The molecule has 2 heteroatoms. The Hall–Kier alpha value is -0.660. The molecule has 116 valence electrons. The van der Waals surface area contributed by atoms with E-state index in [0.717, 1.165) is 64.2 Å². The van der Waals surface area contributed by atoms with E-state index in [1.54, 1.807) is 0 Å². The van der Waals surface area contributed by atoms with Gasteiger partial charge >= 0.3 is 0 Å². The molecule has 0 bridgehead atoms. The van der Waals surface area contributed by atoms with Gasteiger partial charge in [-0.05, 0) is 25.7 Å². The number of hydrogen-bond donors (Lipinski definition) is 0. The lowest BCUT2D eigenvalue weighted by molar-refractivity contribution is -0.120. The second-order valence-corrected chi connectivity index (χ2v) is 6.32. The van der Waals surface area contributed by atoms with Crippen LogP contribution in [-0.2, 0) is 9.59 Å². The van der Waals surface area contributed by atoms with Crippen molar-refractivity contribution < 1.29 is 9.59 Å². The van der Waals surface area contributed by atoms with Crippen molar-refractivity contribution in [2.45, 2.75) is 103 Å². The summed E-state index contributed by atoms with van der Waals surface area (Å²) in [5.74, 6) is 0.893. The van der Waals surface area contributed by atoms with Crippen LogP contribution < -0.4 is 0 Å². The van der Waals surface area contributed by atoms with Crippen molar-refractivity contribution in [3.8, 4) is 0 Å². The SMILES string of the molecule is O=C1CCCCCCCCCCC(=O)CCCCCC1. The van der Waals surface area contributed by atoms with E-state index in [0.29, 0.717) is 11.6 Å². The molecule has 0 unspecified atom stereocenters. The van der Waals surface area contributed by atoms with Gasteiger partial charge in [-0.1, -0.05) is 51.4 Å². The van der Waals surface area contributed by atoms with Gasteiger partial charge in [-0.15, -0.1) is 0 Å². The summed E-state index contributed by atoms with van der Waals surface area (Å²) in [6.07, 6.45) is 17.1. The van der Waals surface area contributed by atoms with Gasteiger partial charge in [0, 0.05) is 25.7 Å². The van der Waals surface area contributed by atoms with Crippen molar-refractivity contribution in [2.24, 2.45) is 0 Å². The first-order chi connectivity index (χ1) is 9.79. The highest BCUT2D eigenvalue weighted by molar-refractivity contribution is 5.78. The minimum absolute atomic E-state index is 0.446. The van der Waals surface area contributed by atoms with Gasteiger partial charge in [0.05, 0.1) is 0 Å². The highest BCUT2D eigenvalue weighted by atomic mass is 16.1. The van der Waals surface area contributed by atoms with E-state index in [1.165, 1.54) is 38.5 Å². The molecule has 0 heterocycles. The topological polar surface area (TPSA) is 34.1 Å². The van der Waals surface area contributed by atoms with Crippen LogP contribution in [0.1, 0.15) is 103 Å². The van der Waals surface area contributed by atoms with Gasteiger partial charge in [-0.2, -0.15) is 0 Å². The molecule has 0 saturated heterocycles. The average molecular weight is 280 g/mol. The molecule has 0 aliphatic heterocycles. The van der Waals surface area contributed by atoms with Gasteiger partial charge in [0.1, 0.15) is 11.6 Å². The van der Waals surface area contributed by atoms with Crippen LogP contribution in [0.15, 0.2) is 0 Å². The van der Waals surface area contributed by atoms with E-state index < -0.39 is 0 Å². The van der Waals surface area contributed by atoms with Crippen molar-refractivity contribution in [3.63, 3.8) is 0 Å². The molecule has 0 atom stereocenters. The molecular weight excluding hydrogens is 248 g/mol. The third-order valence-electron chi connectivity index (χ3n) is 4.32. The van der Waals surface area contributed by atoms with Gasteiger partial charge in [0.25, 0.3) is 0 Å². The number of ketones is 2. The van der Waals surface area contributed by atoms with Crippen LogP contribution in [0.4, 0.5) is 0 Å². The predicted molar refractivity (Wildman–Crippen MR) is 83.9 cm³/mol. The Labute approximate surface area is 124 Å². The Bertz CT molecular complexity index is 243. The first-order valence-electron chi connectivity index (χ1n) is 8.82. The second kappa shape index (κ2) is 12.1. The Morgan fingerprint density at radius 3 is 0.800 bits per heavy atom. The summed E-state index contributed by atoms with van der Waals surface area (Å²) in [6.45, 7) is 0. The van der Waals surface area contributed by atoms with Crippen LogP contribution >= 0.6 is 0 Å². The largest absolute Gasteiger partial charge is 0.300 e. The number of rotatable bonds is 0. The summed E-state index contributed by atoms with van der Waals surface area (Å²) in [5.41, 5.74) is 0. The van der Waals surface area contributed by atoms with Crippen LogP contribution in [-0.4, -0.2) is 11.6 Å². The lowest BCUT2D eigenvalue weighted by Gasteiger charge is -2.05. The third kappa shape index (κ3) is 10.2. The fraction of sp³-hybridized carbons (Fsp3) is 0.889. The zero-order chi connectivity index (χ0) is 14.5. The van der Waals surface area contributed by atoms with Crippen molar-refractivity contribution in [3.05, 3.63) is 0 Å². The molecule has 0 aromatic rings. The summed E-state index contributed by atoms with van der Waals surface area (Å²) < 4.78 is 0. The number of hydrogen-bond acceptors (Lipinski definition) is 2. The second-order valence-electron chi connectivity index (χ2n) is 6.32. The number of carbonyl (C=O) groups excluding carboxylic acids is 2. The van der Waals surface area contributed by atoms with Crippen LogP contribution in [0.25, 0.3) is 0 Å². The molecule has 0 amide bonds. The van der Waals surface area contributed by atoms with E-state index in [4.69, 9.17) is 0 Å². The van der Waals surface area contributed by atoms with Crippen LogP contribution in [0, 0.1) is 0 Å². The summed E-state index contributed by atoms with van der Waals surface area (Å²) in [5, 5.41) is 0. The lowest BCUT2D eigenvalue weighted by atomic mass is 10.0. The zero-order valence-electron chi connectivity index (χ0n) is 13.1. The van der Waals surface area contributed by atoms with Crippen LogP contribution in [0.3, 0.4) is 0 Å². The summed E-state index contributed by atoms with van der Waals surface area (Å²) in [4.78, 5) is 23.3. The van der Waals surface area contributed by atoms with Gasteiger partial charge in [0.2, 0.25) is 0 Å². The average Bonchev–Trinajstić information content (AvgIpc) is 2.43.